The molecule has 1 rings (SSSR count). The molecule has 0 bridgehead atoms. The highest BCUT2D eigenvalue weighted by atomic mass is 127. The quantitative estimate of drug-likeness (QED) is 0.440. The van der Waals surface area contributed by atoms with E-state index in [0.29, 0.717) is 3.70 Å². The summed E-state index contributed by atoms with van der Waals surface area (Å²) in [5, 5.41) is 0. The topological polar surface area (TPSA) is 39.2 Å². The van der Waals surface area contributed by atoms with Crippen LogP contribution in [-0.2, 0) is 16.0 Å². The Hall–Kier alpha value is -0.310. The van der Waals surface area contributed by atoms with E-state index in [9.17, 15) is 13.6 Å². The van der Waals surface area contributed by atoms with Crippen LogP contribution in [0.2, 0.25) is 0 Å². The second-order valence-electron chi connectivity index (χ2n) is 2.85. The number of halogens is 4. The van der Waals surface area contributed by atoms with Gasteiger partial charge < -0.3 is 4.74 Å². The first kappa shape index (κ1) is 13.8. The maximum Gasteiger partial charge on any atom is 0.311 e. The van der Waals surface area contributed by atoms with E-state index in [2.05, 4.69) is 25.7 Å². The third-order valence-electron chi connectivity index (χ3n) is 1.80. The van der Waals surface area contributed by atoms with Crippen molar-refractivity contribution in [3.63, 3.8) is 0 Å². The molecule has 88 valence electrons. The number of esters is 1. The minimum atomic E-state index is -2.61. The van der Waals surface area contributed by atoms with E-state index in [1.165, 1.54) is 13.2 Å². The van der Waals surface area contributed by atoms with Crippen molar-refractivity contribution in [3.8, 4) is 0 Å². The molecule has 1 aromatic heterocycles. The Labute approximate surface area is 113 Å². The highest BCUT2D eigenvalue weighted by Crippen LogP contribution is 2.30. The summed E-state index contributed by atoms with van der Waals surface area (Å²) in [5.41, 5.74) is 0.0901. The third-order valence-corrected chi connectivity index (χ3v) is 3.27. The molecule has 0 aliphatic heterocycles. The zero-order valence-corrected chi connectivity index (χ0v) is 11.9. The van der Waals surface area contributed by atoms with Gasteiger partial charge in [-0.25, -0.2) is 13.8 Å². The van der Waals surface area contributed by atoms with Crippen LogP contribution in [0.5, 0.6) is 0 Å². The summed E-state index contributed by atoms with van der Waals surface area (Å²) < 4.78 is 30.3. The van der Waals surface area contributed by atoms with E-state index in [1.54, 1.807) is 0 Å². The van der Waals surface area contributed by atoms with Gasteiger partial charge in [0, 0.05) is 10.0 Å². The Bertz CT molecular complexity index is 415. The maximum atomic E-state index is 12.6. The predicted octanol–water partition coefficient (Wildman–Crippen LogP) is 3.10. The van der Waals surface area contributed by atoms with Crippen LogP contribution in [0, 0.1) is 3.70 Å². The molecule has 0 atom stereocenters. The molecule has 0 N–H and O–H groups in total. The van der Waals surface area contributed by atoms with Crippen LogP contribution in [0.15, 0.2) is 10.5 Å². The van der Waals surface area contributed by atoms with Crippen molar-refractivity contribution in [2.75, 3.05) is 7.11 Å². The molecule has 16 heavy (non-hydrogen) atoms. The molecule has 0 saturated heterocycles. The van der Waals surface area contributed by atoms with Crippen LogP contribution in [0.3, 0.4) is 0 Å². The molecule has 1 aromatic rings. The minimum Gasteiger partial charge on any atom is -0.469 e. The molecular formula is C9H7BrF2INO2. The number of pyridine rings is 1. The molecule has 0 aliphatic rings. The number of methoxy groups -OCH3 is 1. The fraction of sp³-hybridized carbons (Fsp3) is 0.333. The fourth-order valence-corrected chi connectivity index (χ4v) is 2.20. The van der Waals surface area contributed by atoms with Gasteiger partial charge in [0.25, 0.3) is 6.43 Å². The second kappa shape index (κ2) is 5.85. The SMILES string of the molecule is COC(=O)Cc1nc(I)cc(C(F)F)c1Br. The van der Waals surface area contributed by atoms with Crippen LogP contribution >= 0.6 is 38.5 Å². The van der Waals surface area contributed by atoms with Crippen LogP contribution < -0.4 is 0 Å². The number of carbonyl (C=O) groups is 1. The summed E-state index contributed by atoms with van der Waals surface area (Å²) >= 11 is 4.84. The van der Waals surface area contributed by atoms with Crippen molar-refractivity contribution in [3.05, 3.63) is 25.5 Å². The van der Waals surface area contributed by atoms with E-state index in [4.69, 9.17) is 0 Å². The second-order valence-corrected chi connectivity index (χ2v) is 4.75. The minimum absolute atomic E-state index is 0.131. The highest BCUT2D eigenvalue weighted by molar-refractivity contribution is 14.1. The van der Waals surface area contributed by atoms with Crippen LogP contribution in [-0.4, -0.2) is 18.1 Å². The monoisotopic (exact) mass is 405 g/mol. The lowest BCUT2D eigenvalue weighted by atomic mass is 10.2. The molecule has 7 heteroatoms. The lowest BCUT2D eigenvalue weighted by molar-refractivity contribution is -0.139. The molecule has 0 fully saturated rings. The first-order valence-electron chi connectivity index (χ1n) is 4.15. The van der Waals surface area contributed by atoms with Crippen LogP contribution in [0.4, 0.5) is 8.78 Å². The van der Waals surface area contributed by atoms with Gasteiger partial charge in [0.05, 0.1) is 19.2 Å². The first-order chi connectivity index (χ1) is 7.45. The molecule has 0 spiro atoms. The van der Waals surface area contributed by atoms with Crippen molar-refractivity contribution >= 4 is 44.5 Å². The van der Waals surface area contributed by atoms with E-state index in [1.807, 2.05) is 22.6 Å². The van der Waals surface area contributed by atoms with Gasteiger partial charge >= 0.3 is 5.97 Å². The lowest BCUT2D eigenvalue weighted by Gasteiger charge is -2.08. The molecule has 3 nitrogen and oxygen atoms in total. The standard InChI is InChI=1S/C9H7BrF2INO2/c1-16-7(15)3-5-8(10)4(9(11)12)2-6(13)14-5/h2,9H,3H2,1H3. The fourth-order valence-electron chi connectivity index (χ4n) is 1.05. The highest BCUT2D eigenvalue weighted by Gasteiger charge is 2.18. The normalized spacial score (nSPS) is 10.6. The van der Waals surface area contributed by atoms with Crippen LogP contribution in [0.25, 0.3) is 0 Å². The van der Waals surface area contributed by atoms with E-state index in [-0.39, 0.29) is 22.2 Å². The Morgan fingerprint density at radius 2 is 2.31 bits per heavy atom. The lowest BCUT2D eigenvalue weighted by Crippen LogP contribution is -2.09. The van der Waals surface area contributed by atoms with Crippen molar-refractivity contribution < 1.29 is 18.3 Å². The smallest absolute Gasteiger partial charge is 0.311 e. The van der Waals surface area contributed by atoms with Crippen LogP contribution in [0.1, 0.15) is 17.7 Å². The molecular weight excluding hydrogens is 399 g/mol. The van der Waals surface area contributed by atoms with Gasteiger partial charge in [0.1, 0.15) is 3.70 Å². The molecule has 0 unspecified atom stereocenters. The molecule has 0 aromatic carbocycles. The van der Waals surface area contributed by atoms with Gasteiger partial charge in [0.15, 0.2) is 0 Å². The van der Waals surface area contributed by atoms with Crippen molar-refractivity contribution in [2.24, 2.45) is 0 Å². The number of nitrogens with zero attached hydrogens (tertiary/aromatic N) is 1. The zero-order chi connectivity index (χ0) is 12.3. The average Bonchev–Trinajstić information content (AvgIpc) is 2.22. The Kier molecular flexibility index (Phi) is 5.03. The van der Waals surface area contributed by atoms with Crippen molar-refractivity contribution in [2.45, 2.75) is 12.8 Å². The number of aromatic nitrogens is 1. The summed E-state index contributed by atoms with van der Waals surface area (Å²) in [7, 11) is 1.23. The van der Waals surface area contributed by atoms with Gasteiger partial charge in [-0.2, -0.15) is 0 Å². The maximum absolute atomic E-state index is 12.6. The molecule has 1 heterocycles. The Balaban J connectivity index is 3.14. The summed E-state index contributed by atoms with van der Waals surface area (Å²) in [6.07, 6.45) is -2.74. The zero-order valence-electron chi connectivity index (χ0n) is 8.14. The largest absolute Gasteiger partial charge is 0.469 e. The molecule has 0 amide bonds. The summed E-state index contributed by atoms with van der Waals surface area (Å²) in [4.78, 5) is 15.1. The van der Waals surface area contributed by atoms with Crippen molar-refractivity contribution in [1.29, 1.82) is 0 Å². The van der Waals surface area contributed by atoms with Gasteiger partial charge in [-0.3, -0.25) is 4.79 Å². The molecule has 0 aliphatic carbocycles. The third kappa shape index (κ3) is 3.34. The summed E-state index contributed by atoms with van der Waals surface area (Å²) in [6, 6.07) is 1.27. The van der Waals surface area contributed by atoms with Gasteiger partial charge in [-0.15, -0.1) is 0 Å². The van der Waals surface area contributed by atoms with Gasteiger partial charge in [-0.1, -0.05) is 0 Å². The first-order valence-corrected chi connectivity index (χ1v) is 6.02. The predicted molar refractivity (Wildman–Crippen MR) is 65.3 cm³/mol. The van der Waals surface area contributed by atoms with Gasteiger partial charge in [-0.05, 0) is 44.6 Å². The molecule has 0 saturated carbocycles. The van der Waals surface area contributed by atoms with E-state index in [0.717, 1.165) is 0 Å². The number of hydrogen-bond acceptors (Lipinski definition) is 3. The van der Waals surface area contributed by atoms with Crippen molar-refractivity contribution in [1.82, 2.24) is 4.98 Å². The number of hydrogen-bond donors (Lipinski definition) is 0. The number of rotatable bonds is 3. The van der Waals surface area contributed by atoms with E-state index >= 15 is 0 Å². The Morgan fingerprint density at radius 3 is 2.81 bits per heavy atom. The average molecular weight is 406 g/mol. The number of alkyl halides is 2. The van der Waals surface area contributed by atoms with Gasteiger partial charge in [0.2, 0.25) is 0 Å². The Morgan fingerprint density at radius 1 is 1.69 bits per heavy atom. The van der Waals surface area contributed by atoms with E-state index < -0.39 is 12.4 Å². The number of carbonyl (C=O) groups excluding carboxylic acids is 1. The molecule has 0 radical (unpaired) electrons. The number of ether oxygens (including phenoxy) is 1. The summed E-state index contributed by atoms with van der Waals surface area (Å²) in [6.45, 7) is 0. The summed E-state index contributed by atoms with van der Waals surface area (Å²) in [5.74, 6) is -0.518.